The minimum atomic E-state index is 0.287. The lowest BCUT2D eigenvalue weighted by atomic mass is 10.3. The molecule has 21 heavy (non-hydrogen) atoms. The van der Waals surface area contributed by atoms with E-state index < -0.39 is 0 Å². The second-order valence-corrected chi connectivity index (χ2v) is 6.20. The standard InChI is InChI=1S/C14H16ClN5S/c1-3-10-8-11-12(18-14(15)19-13(11)21-10)16-6-4-9-5-7-17-20(9)2/h5,7-8H,3-4,6H2,1-2H3,(H,16,18,19). The maximum atomic E-state index is 6.01. The normalized spacial score (nSPS) is 11.2. The number of halogens is 1. The van der Waals surface area contributed by atoms with E-state index in [9.17, 15) is 0 Å². The summed E-state index contributed by atoms with van der Waals surface area (Å²) in [6.07, 6.45) is 3.68. The number of rotatable bonds is 5. The summed E-state index contributed by atoms with van der Waals surface area (Å²) < 4.78 is 1.88. The van der Waals surface area contributed by atoms with Crippen molar-refractivity contribution in [3.05, 3.63) is 34.2 Å². The lowest BCUT2D eigenvalue weighted by Gasteiger charge is -2.07. The van der Waals surface area contributed by atoms with Crippen LogP contribution in [0.2, 0.25) is 5.28 Å². The Labute approximate surface area is 132 Å². The van der Waals surface area contributed by atoms with Gasteiger partial charge < -0.3 is 5.32 Å². The first-order valence-electron chi connectivity index (χ1n) is 6.84. The molecule has 0 bridgehead atoms. The molecule has 3 aromatic rings. The van der Waals surface area contributed by atoms with Crippen LogP contribution < -0.4 is 5.32 Å². The Balaban J connectivity index is 1.79. The maximum absolute atomic E-state index is 6.01. The molecule has 7 heteroatoms. The van der Waals surface area contributed by atoms with Gasteiger partial charge in [0.1, 0.15) is 10.6 Å². The first kappa shape index (κ1) is 14.3. The molecule has 0 saturated carbocycles. The highest BCUT2D eigenvalue weighted by molar-refractivity contribution is 7.18. The van der Waals surface area contributed by atoms with Crippen LogP contribution in [0.25, 0.3) is 10.2 Å². The van der Waals surface area contributed by atoms with Crippen LogP contribution in [0.5, 0.6) is 0 Å². The summed E-state index contributed by atoms with van der Waals surface area (Å²) in [5.41, 5.74) is 1.18. The number of fused-ring (bicyclic) bond motifs is 1. The lowest BCUT2D eigenvalue weighted by Crippen LogP contribution is -2.09. The highest BCUT2D eigenvalue weighted by Crippen LogP contribution is 2.30. The summed E-state index contributed by atoms with van der Waals surface area (Å²) in [5, 5.41) is 8.86. The Morgan fingerprint density at radius 1 is 1.38 bits per heavy atom. The van der Waals surface area contributed by atoms with Crippen LogP contribution in [0, 0.1) is 0 Å². The molecule has 0 aromatic carbocycles. The van der Waals surface area contributed by atoms with Crippen LogP contribution in [0.3, 0.4) is 0 Å². The van der Waals surface area contributed by atoms with Crippen LogP contribution in [0.15, 0.2) is 18.3 Å². The van der Waals surface area contributed by atoms with Gasteiger partial charge in [-0.05, 0) is 30.2 Å². The largest absolute Gasteiger partial charge is 0.369 e. The van der Waals surface area contributed by atoms with Gasteiger partial charge in [-0.15, -0.1) is 11.3 Å². The van der Waals surface area contributed by atoms with E-state index >= 15 is 0 Å². The summed E-state index contributed by atoms with van der Waals surface area (Å²) in [6.45, 7) is 2.91. The zero-order valence-corrected chi connectivity index (χ0v) is 13.5. The van der Waals surface area contributed by atoms with Gasteiger partial charge >= 0.3 is 0 Å². The van der Waals surface area contributed by atoms with Gasteiger partial charge in [-0.25, -0.2) is 9.97 Å². The predicted molar refractivity (Wildman–Crippen MR) is 87.2 cm³/mol. The molecular formula is C14H16ClN5S. The zero-order valence-electron chi connectivity index (χ0n) is 11.9. The van der Waals surface area contributed by atoms with Gasteiger partial charge in [0.05, 0.1) is 5.39 Å². The van der Waals surface area contributed by atoms with E-state index in [1.165, 1.54) is 10.6 Å². The lowest BCUT2D eigenvalue weighted by molar-refractivity contribution is 0.711. The summed E-state index contributed by atoms with van der Waals surface area (Å²) in [4.78, 5) is 10.8. The smallest absolute Gasteiger partial charge is 0.225 e. The Morgan fingerprint density at radius 2 is 2.24 bits per heavy atom. The monoisotopic (exact) mass is 321 g/mol. The molecule has 0 fully saturated rings. The van der Waals surface area contributed by atoms with Crippen LogP contribution in [-0.2, 0) is 19.9 Å². The molecule has 1 N–H and O–H groups in total. The number of nitrogens with one attached hydrogen (secondary N) is 1. The molecule has 110 valence electrons. The highest BCUT2D eigenvalue weighted by atomic mass is 35.5. The molecule has 3 aromatic heterocycles. The van der Waals surface area contributed by atoms with E-state index in [4.69, 9.17) is 11.6 Å². The maximum Gasteiger partial charge on any atom is 0.225 e. The van der Waals surface area contributed by atoms with Crippen LogP contribution in [0.1, 0.15) is 17.5 Å². The van der Waals surface area contributed by atoms with Crippen molar-refractivity contribution in [1.82, 2.24) is 19.7 Å². The van der Waals surface area contributed by atoms with Crippen molar-refractivity contribution in [1.29, 1.82) is 0 Å². The van der Waals surface area contributed by atoms with Crippen molar-refractivity contribution in [2.75, 3.05) is 11.9 Å². The van der Waals surface area contributed by atoms with Crippen molar-refractivity contribution in [3.63, 3.8) is 0 Å². The number of anilines is 1. The molecule has 0 radical (unpaired) electrons. The van der Waals surface area contributed by atoms with Gasteiger partial charge in [0.15, 0.2) is 0 Å². The Bertz CT molecular complexity index is 764. The SMILES string of the molecule is CCc1cc2c(NCCc3ccnn3C)nc(Cl)nc2s1. The van der Waals surface area contributed by atoms with Gasteiger partial charge in [-0.3, -0.25) is 4.68 Å². The summed E-state index contributed by atoms with van der Waals surface area (Å²) in [5.74, 6) is 0.808. The highest BCUT2D eigenvalue weighted by Gasteiger charge is 2.10. The van der Waals surface area contributed by atoms with E-state index in [1.54, 1.807) is 11.3 Å². The summed E-state index contributed by atoms with van der Waals surface area (Å²) in [7, 11) is 1.95. The number of hydrogen-bond acceptors (Lipinski definition) is 5. The first-order valence-corrected chi connectivity index (χ1v) is 8.03. The second kappa shape index (κ2) is 5.99. The fourth-order valence-corrected chi connectivity index (χ4v) is 3.40. The van der Waals surface area contributed by atoms with Crippen molar-refractivity contribution in [3.8, 4) is 0 Å². The predicted octanol–water partition coefficient (Wildman–Crippen LogP) is 3.30. The minimum Gasteiger partial charge on any atom is -0.369 e. The van der Waals surface area contributed by atoms with E-state index in [-0.39, 0.29) is 5.28 Å². The number of nitrogens with zero attached hydrogens (tertiary/aromatic N) is 4. The van der Waals surface area contributed by atoms with Gasteiger partial charge in [-0.1, -0.05) is 6.92 Å². The molecule has 0 spiro atoms. The first-order chi connectivity index (χ1) is 10.2. The molecule has 3 heterocycles. The average Bonchev–Trinajstić information content (AvgIpc) is 3.05. The van der Waals surface area contributed by atoms with Gasteiger partial charge in [0, 0.05) is 36.8 Å². The molecule has 0 aliphatic carbocycles. The van der Waals surface area contributed by atoms with Gasteiger partial charge in [0.25, 0.3) is 0 Å². The molecule has 0 atom stereocenters. The zero-order chi connectivity index (χ0) is 14.8. The molecule has 0 aliphatic rings. The number of thiophene rings is 1. The third-order valence-corrected chi connectivity index (χ3v) is 4.70. The van der Waals surface area contributed by atoms with Crippen LogP contribution in [-0.4, -0.2) is 26.3 Å². The molecule has 0 aliphatic heterocycles. The van der Waals surface area contributed by atoms with Crippen molar-refractivity contribution >= 4 is 39.0 Å². The number of hydrogen-bond donors (Lipinski definition) is 1. The van der Waals surface area contributed by atoms with Crippen molar-refractivity contribution in [2.45, 2.75) is 19.8 Å². The molecule has 3 rings (SSSR count). The third-order valence-electron chi connectivity index (χ3n) is 3.36. The molecule has 5 nitrogen and oxygen atoms in total. The Hall–Kier alpha value is -1.66. The van der Waals surface area contributed by atoms with Crippen molar-refractivity contribution < 1.29 is 0 Å². The molecular weight excluding hydrogens is 306 g/mol. The van der Waals surface area contributed by atoms with Crippen LogP contribution in [0.4, 0.5) is 5.82 Å². The fraction of sp³-hybridized carbons (Fsp3) is 0.357. The third kappa shape index (κ3) is 3.01. The van der Waals surface area contributed by atoms with E-state index in [1.807, 2.05) is 24.0 Å². The molecule has 0 amide bonds. The van der Waals surface area contributed by atoms with E-state index in [2.05, 4.69) is 33.4 Å². The average molecular weight is 322 g/mol. The molecule has 0 unspecified atom stereocenters. The Kier molecular flexibility index (Phi) is 4.07. The van der Waals surface area contributed by atoms with Crippen molar-refractivity contribution in [2.24, 2.45) is 7.05 Å². The number of aromatic nitrogens is 4. The fourth-order valence-electron chi connectivity index (χ4n) is 2.21. The molecule has 0 saturated heterocycles. The summed E-state index contributed by atoms with van der Waals surface area (Å²) >= 11 is 7.68. The Morgan fingerprint density at radius 3 is 2.95 bits per heavy atom. The minimum absolute atomic E-state index is 0.287. The number of aryl methyl sites for hydroxylation is 2. The second-order valence-electron chi connectivity index (χ2n) is 4.75. The summed E-state index contributed by atoms with van der Waals surface area (Å²) in [6, 6.07) is 4.16. The van der Waals surface area contributed by atoms with Crippen LogP contribution >= 0.6 is 22.9 Å². The topological polar surface area (TPSA) is 55.6 Å². The van der Waals surface area contributed by atoms with Gasteiger partial charge in [-0.2, -0.15) is 5.10 Å². The van der Waals surface area contributed by atoms with E-state index in [0.717, 1.165) is 35.4 Å². The quantitative estimate of drug-likeness (QED) is 0.733. The van der Waals surface area contributed by atoms with Gasteiger partial charge in [0.2, 0.25) is 5.28 Å². The van der Waals surface area contributed by atoms with E-state index in [0.29, 0.717) is 0 Å².